The standard InChI is InChI=1S/C19H22N6/c1-15-7-9-22-19(23-15)25-11-4-5-16(13-25)18-21-10-12-24(18)14-17-6-2-3-8-20-17/h2-3,6-10,12,16H,4-5,11,13-14H2,1H3/t16-/m1/s1. The molecule has 0 radical (unpaired) electrons. The summed E-state index contributed by atoms with van der Waals surface area (Å²) < 4.78 is 2.22. The average molecular weight is 334 g/mol. The number of aryl methyl sites for hydroxylation is 1. The van der Waals surface area contributed by atoms with E-state index in [1.165, 1.54) is 0 Å². The molecule has 6 nitrogen and oxygen atoms in total. The number of rotatable bonds is 4. The average Bonchev–Trinajstić information content (AvgIpc) is 3.11. The summed E-state index contributed by atoms with van der Waals surface area (Å²) in [5.41, 5.74) is 2.06. The van der Waals surface area contributed by atoms with Gasteiger partial charge < -0.3 is 9.47 Å². The lowest BCUT2D eigenvalue weighted by molar-refractivity contribution is 0.470. The first-order chi connectivity index (χ1) is 12.3. The summed E-state index contributed by atoms with van der Waals surface area (Å²) in [5.74, 6) is 2.34. The maximum atomic E-state index is 4.65. The lowest BCUT2D eigenvalue weighted by Crippen LogP contribution is -2.36. The first kappa shape index (κ1) is 15.7. The second kappa shape index (κ2) is 7.01. The number of nitrogens with zero attached hydrogens (tertiary/aromatic N) is 6. The Morgan fingerprint density at radius 3 is 2.88 bits per heavy atom. The van der Waals surface area contributed by atoms with Crippen molar-refractivity contribution in [3.05, 3.63) is 66.3 Å². The molecule has 1 aliphatic heterocycles. The fourth-order valence-corrected chi connectivity index (χ4v) is 3.44. The van der Waals surface area contributed by atoms with Gasteiger partial charge in [0, 0.05) is 49.5 Å². The second-order valence-electron chi connectivity index (χ2n) is 6.52. The van der Waals surface area contributed by atoms with Crippen molar-refractivity contribution >= 4 is 5.95 Å². The minimum Gasteiger partial charge on any atom is -0.340 e. The van der Waals surface area contributed by atoms with E-state index in [9.17, 15) is 0 Å². The summed E-state index contributed by atoms with van der Waals surface area (Å²) in [6, 6.07) is 7.96. The normalized spacial score (nSPS) is 17.6. The van der Waals surface area contributed by atoms with Crippen LogP contribution in [0.25, 0.3) is 0 Å². The summed E-state index contributed by atoms with van der Waals surface area (Å²) >= 11 is 0. The molecular formula is C19H22N6. The summed E-state index contributed by atoms with van der Waals surface area (Å²) in [7, 11) is 0. The van der Waals surface area contributed by atoms with Crippen LogP contribution in [0.4, 0.5) is 5.95 Å². The highest BCUT2D eigenvalue weighted by Crippen LogP contribution is 2.28. The summed E-state index contributed by atoms with van der Waals surface area (Å²) in [6.07, 6.45) is 9.87. The predicted octanol–water partition coefficient (Wildman–Crippen LogP) is 2.81. The van der Waals surface area contributed by atoms with Crippen molar-refractivity contribution in [2.45, 2.75) is 32.2 Å². The first-order valence-electron chi connectivity index (χ1n) is 8.75. The smallest absolute Gasteiger partial charge is 0.225 e. The fraction of sp³-hybridized carbons (Fsp3) is 0.368. The fourth-order valence-electron chi connectivity index (χ4n) is 3.44. The Kier molecular flexibility index (Phi) is 4.41. The van der Waals surface area contributed by atoms with Gasteiger partial charge in [0.1, 0.15) is 5.82 Å². The molecule has 25 heavy (non-hydrogen) atoms. The molecule has 3 aromatic heterocycles. The molecule has 6 heteroatoms. The van der Waals surface area contributed by atoms with E-state index >= 15 is 0 Å². The molecule has 3 aromatic rings. The van der Waals surface area contributed by atoms with Crippen molar-refractivity contribution in [2.75, 3.05) is 18.0 Å². The molecule has 128 valence electrons. The van der Waals surface area contributed by atoms with Crippen molar-refractivity contribution in [1.29, 1.82) is 0 Å². The van der Waals surface area contributed by atoms with Crippen molar-refractivity contribution < 1.29 is 0 Å². The Morgan fingerprint density at radius 2 is 2.04 bits per heavy atom. The van der Waals surface area contributed by atoms with Gasteiger partial charge in [-0.2, -0.15) is 0 Å². The van der Waals surface area contributed by atoms with E-state index in [1.54, 1.807) is 0 Å². The van der Waals surface area contributed by atoms with Crippen LogP contribution in [0.15, 0.2) is 49.1 Å². The van der Waals surface area contributed by atoms with Gasteiger partial charge in [-0.3, -0.25) is 4.98 Å². The molecule has 1 fully saturated rings. The Hall–Kier alpha value is -2.76. The molecule has 1 saturated heterocycles. The molecule has 0 aromatic carbocycles. The van der Waals surface area contributed by atoms with Crippen molar-refractivity contribution in [2.24, 2.45) is 0 Å². The molecule has 4 heterocycles. The lowest BCUT2D eigenvalue weighted by Gasteiger charge is -2.32. The second-order valence-corrected chi connectivity index (χ2v) is 6.52. The largest absolute Gasteiger partial charge is 0.340 e. The van der Waals surface area contributed by atoms with Gasteiger partial charge in [-0.15, -0.1) is 0 Å². The molecule has 4 rings (SSSR count). The van der Waals surface area contributed by atoms with Gasteiger partial charge >= 0.3 is 0 Å². The van der Waals surface area contributed by atoms with Gasteiger partial charge in [-0.05, 0) is 38.0 Å². The van der Waals surface area contributed by atoms with Crippen LogP contribution in [0.3, 0.4) is 0 Å². The van der Waals surface area contributed by atoms with Crippen molar-refractivity contribution in [3.63, 3.8) is 0 Å². The van der Waals surface area contributed by atoms with Gasteiger partial charge in [0.05, 0.1) is 12.2 Å². The molecule has 0 spiro atoms. The molecule has 0 aliphatic carbocycles. The lowest BCUT2D eigenvalue weighted by atomic mass is 9.97. The minimum absolute atomic E-state index is 0.386. The molecule has 1 atom stereocenters. The third kappa shape index (κ3) is 3.52. The Morgan fingerprint density at radius 1 is 1.08 bits per heavy atom. The molecule has 0 saturated carbocycles. The zero-order valence-corrected chi connectivity index (χ0v) is 14.4. The molecular weight excluding hydrogens is 312 g/mol. The van der Waals surface area contributed by atoms with Crippen LogP contribution in [0, 0.1) is 6.92 Å². The topological polar surface area (TPSA) is 59.7 Å². The Balaban J connectivity index is 1.53. The minimum atomic E-state index is 0.386. The monoisotopic (exact) mass is 334 g/mol. The van der Waals surface area contributed by atoms with Crippen molar-refractivity contribution in [1.82, 2.24) is 24.5 Å². The van der Waals surface area contributed by atoms with Gasteiger partial charge in [0.2, 0.25) is 5.95 Å². The van der Waals surface area contributed by atoms with Gasteiger partial charge in [-0.1, -0.05) is 6.07 Å². The molecule has 0 unspecified atom stereocenters. The highest BCUT2D eigenvalue weighted by molar-refractivity contribution is 5.32. The van der Waals surface area contributed by atoms with Crippen molar-refractivity contribution in [3.8, 4) is 0 Å². The van der Waals surface area contributed by atoms with Crippen LogP contribution in [-0.4, -0.2) is 37.6 Å². The van der Waals surface area contributed by atoms with Crippen LogP contribution >= 0.6 is 0 Å². The molecule has 0 N–H and O–H groups in total. The molecule has 0 bridgehead atoms. The number of piperidine rings is 1. The number of pyridine rings is 1. The summed E-state index contributed by atoms with van der Waals surface area (Å²) in [6.45, 7) is 4.67. The number of hydrogen-bond donors (Lipinski definition) is 0. The van der Waals surface area contributed by atoms with E-state index < -0.39 is 0 Å². The molecule has 1 aliphatic rings. The maximum absolute atomic E-state index is 4.65. The zero-order chi connectivity index (χ0) is 17.1. The SMILES string of the molecule is Cc1ccnc(N2CCC[C@@H](c3nccn3Cc3ccccn3)C2)n1. The number of hydrogen-bond acceptors (Lipinski definition) is 5. The number of aromatic nitrogens is 5. The number of anilines is 1. The van der Waals surface area contributed by atoms with E-state index in [4.69, 9.17) is 0 Å². The molecule has 0 amide bonds. The van der Waals surface area contributed by atoms with Crippen LogP contribution < -0.4 is 4.90 Å². The van der Waals surface area contributed by atoms with E-state index in [1.807, 2.05) is 49.9 Å². The van der Waals surface area contributed by atoms with Crippen LogP contribution in [0.5, 0.6) is 0 Å². The maximum Gasteiger partial charge on any atom is 0.225 e. The highest BCUT2D eigenvalue weighted by Gasteiger charge is 2.26. The zero-order valence-electron chi connectivity index (χ0n) is 14.4. The summed E-state index contributed by atoms with van der Waals surface area (Å²) in [5, 5.41) is 0. The van der Waals surface area contributed by atoms with Gasteiger partial charge in [0.15, 0.2) is 0 Å². The van der Waals surface area contributed by atoms with Gasteiger partial charge in [0.25, 0.3) is 0 Å². The number of imidazole rings is 1. The van der Waals surface area contributed by atoms with E-state index in [-0.39, 0.29) is 0 Å². The highest BCUT2D eigenvalue weighted by atomic mass is 15.3. The van der Waals surface area contributed by atoms with Crippen LogP contribution in [-0.2, 0) is 6.54 Å². The predicted molar refractivity (Wildman–Crippen MR) is 96.5 cm³/mol. The van der Waals surface area contributed by atoms with Crippen LogP contribution in [0.2, 0.25) is 0 Å². The van der Waals surface area contributed by atoms with Gasteiger partial charge in [-0.25, -0.2) is 15.0 Å². The third-order valence-electron chi connectivity index (χ3n) is 4.66. The van der Waals surface area contributed by atoms with E-state index in [0.717, 1.165) is 55.6 Å². The van der Waals surface area contributed by atoms with Crippen LogP contribution in [0.1, 0.15) is 36.0 Å². The quantitative estimate of drug-likeness (QED) is 0.734. The first-order valence-corrected chi connectivity index (χ1v) is 8.75. The third-order valence-corrected chi connectivity index (χ3v) is 4.66. The van der Waals surface area contributed by atoms with E-state index in [2.05, 4.69) is 35.5 Å². The van der Waals surface area contributed by atoms with E-state index in [0.29, 0.717) is 5.92 Å². The Bertz CT molecular complexity index is 829. The Labute approximate surface area is 147 Å². The summed E-state index contributed by atoms with van der Waals surface area (Å²) in [4.78, 5) is 20.4.